The molecule has 0 aliphatic rings. The molecule has 0 amide bonds. The van der Waals surface area contributed by atoms with Crippen LogP contribution >= 0.6 is 0 Å². The Kier molecular flexibility index (Phi) is 6.25. The normalized spacial score (nSPS) is 11.7. The third-order valence-electron chi connectivity index (χ3n) is 10.2. The van der Waals surface area contributed by atoms with E-state index in [1.54, 1.807) is 0 Å². The fraction of sp³-hybridized carbons (Fsp3) is 0. The first-order chi connectivity index (χ1) is 24.3. The molecule has 228 valence electrons. The predicted octanol–water partition coefficient (Wildman–Crippen LogP) is 13.7. The van der Waals surface area contributed by atoms with Crippen LogP contribution in [0.1, 0.15) is 0 Å². The molecule has 10 aromatic rings. The van der Waals surface area contributed by atoms with Crippen LogP contribution in [0.5, 0.6) is 0 Å². The fourth-order valence-corrected chi connectivity index (χ4v) is 7.86. The van der Waals surface area contributed by atoms with Gasteiger partial charge >= 0.3 is 0 Å². The Hall–Kier alpha value is -6.44. The smallest absolute Gasteiger partial charge is 0.0540 e. The molecule has 1 nitrogen and oxygen atoms in total. The minimum Gasteiger partial charge on any atom is -0.309 e. The van der Waals surface area contributed by atoms with Gasteiger partial charge in [0.15, 0.2) is 0 Å². The van der Waals surface area contributed by atoms with Gasteiger partial charge in [-0.1, -0.05) is 158 Å². The summed E-state index contributed by atoms with van der Waals surface area (Å²) in [6, 6.07) is 68.9. The number of rotatable bonds is 4. The van der Waals surface area contributed by atoms with E-state index in [4.69, 9.17) is 0 Å². The first-order valence-electron chi connectivity index (χ1n) is 16.9. The van der Waals surface area contributed by atoms with E-state index in [0.717, 1.165) is 17.1 Å². The van der Waals surface area contributed by atoms with Crippen molar-refractivity contribution >= 4 is 81.7 Å². The van der Waals surface area contributed by atoms with Gasteiger partial charge in [-0.3, -0.25) is 0 Å². The highest BCUT2D eigenvalue weighted by Gasteiger charge is 2.20. The number of hydrogen-bond donors (Lipinski definition) is 0. The molecule has 0 saturated carbocycles. The Morgan fingerprint density at radius 3 is 1.59 bits per heavy atom. The highest BCUT2D eigenvalue weighted by molar-refractivity contribution is 6.28. The molecule has 0 unspecified atom stereocenters. The van der Waals surface area contributed by atoms with Crippen molar-refractivity contribution in [1.82, 2.24) is 0 Å². The zero-order valence-corrected chi connectivity index (χ0v) is 26.8. The first kappa shape index (κ1) is 27.7. The molecule has 0 aliphatic carbocycles. The second-order valence-corrected chi connectivity index (χ2v) is 12.9. The summed E-state index contributed by atoms with van der Waals surface area (Å²) in [5, 5.41) is 15.1. The summed E-state index contributed by atoms with van der Waals surface area (Å²) in [4.78, 5) is 2.46. The van der Waals surface area contributed by atoms with Crippen molar-refractivity contribution in [2.75, 3.05) is 4.90 Å². The summed E-state index contributed by atoms with van der Waals surface area (Å²) >= 11 is 0. The highest BCUT2D eigenvalue weighted by atomic mass is 15.1. The van der Waals surface area contributed by atoms with Crippen LogP contribution in [-0.2, 0) is 0 Å². The van der Waals surface area contributed by atoms with E-state index in [9.17, 15) is 0 Å². The fourth-order valence-electron chi connectivity index (χ4n) is 7.86. The lowest BCUT2D eigenvalue weighted by Crippen LogP contribution is -2.11. The second kappa shape index (κ2) is 11.1. The lowest BCUT2D eigenvalue weighted by molar-refractivity contribution is 1.31. The highest BCUT2D eigenvalue weighted by Crippen LogP contribution is 2.45. The lowest BCUT2D eigenvalue weighted by Gasteiger charge is -2.29. The van der Waals surface area contributed by atoms with E-state index in [0.29, 0.717) is 0 Å². The van der Waals surface area contributed by atoms with E-state index < -0.39 is 0 Å². The van der Waals surface area contributed by atoms with E-state index in [-0.39, 0.29) is 0 Å². The molecular formula is C48H31N. The third kappa shape index (κ3) is 4.47. The maximum absolute atomic E-state index is 2.46. The third-order valence-corrected chi connectivity index (χ3v) is 10.2. The van der Waals surface area contributed by atoms with Crippen molar-refractivity contribution in [3.8, 4) is 11.1 Å². The maximum atomic E-state index is 2.46. The molecule has 10 rings (SSSR count). The Labute approximate surface area is 284 Å². The molecule has 1 heteroatoms. The Balaban J connectivity index is 1.27. The molecule has 0 aliphatic heterocycles. The van der Waals surface area contributed by atoms with Gasteiger partial charge in [0.25, 0.3) is 0 Å². The Bertz CT molecular complexity index is 2890. The van der Waals surface area contributed by atoms with Crippen LogP contribution in [-0.4, -0.2) is 0 Å². The average molecular weight is 622 g/mol. The van der Waals surface area contributed by atoms with Crippen molar-refractivity contribution in [1.29, 1.82) is 0 Å². The van der Waals surface area contributed by atoms with Gasteiger partial charge in [-0.15, -0.1) is 0 Å². The summed E-state index contributed by atoms with van der Waals surface area (Å²) in [6.45, 7) is 0. The molecule has 0 atom stereocenters. The van der Waals surface area contributed by atoms with E-state index in [2.05, 4.69) is 193 Å². The predicted molar refractivity (Wildman–Crippen MR) is 212 cm³/mol. The van der Waals surface area contributed by atoms with Gasteiger partial charge in [0.2, 0.25) is 0 Å². The molecule has 0 heterocycles. The van der Waals surface area contributed by atoms with Crippen molar-refractivity contribution in [2.24, 2.45) is 0 Å². The quantitative estimate of drug-likeness (QED) is 0.177. The topological polar surface area (TPSA) is 3.24 Å². The van der Waals surface area contributed by atoms with Crippen LogP contribution < -0.4 is 4.90 Å². The SMILES string of the molecule is c1cc(-c2ccc3ccccc3c2)cc(N(c2cccc3ccccc23)c2cccc3c2ccc2ccc4ccc5ccccc5c4c23)c1. The van der Waals surface area contributed by atoms with Crippen LogP contribution in [0.4, 0.5) is 17.1 Å². The second-order valence-electron chi connectivity index (χ2n) is 12.9. The minimum atomic E-state index is 1.12. The van der Waals surface area contributed by atoms with Gasteiger partial charge in [0, 0.05) is 16.5 Å². The number of nitrogens with zero attached hydrogens (tertiary/aromatic N) is 1. The number of hydrogen-bond acceptors (Lipinski definition) is 1. The number of fused-ring (bicyclic) bond motifs is 9. The Morgan fingerprint density at radius 2 is 0.776 bits per heavy atom. The summed E-state index contributed by atoms with van der Waals surface area (Å²) in [5.74, 6) is 0. The van der Waals surface area contributed by atoms with Gasteiger partial charge in [0.1, 0.15) is 0 Å². The molecule has 49 heavy (non-hydrogen) atoms. The number of anilines is 3. The molecule has 0 spiro atoms. The van der Waals surface area contributed by atoms with Gasteiger partial charge < -0.3 is 4.90 Å². The Morgan fingerprint density at radius 1 is 0.265 bits per heavy atom. The van der Waals surface area contributed by atoms with Crippen molar-refractivity contribution in [3.63, 3.8) is 0 Å². The van der Waals surface area contributed by atoms with Gasteiger partial charge in [0.05, 0.1) is 11.4 Å². The first-order valence-corrected chi connectivity index (χ1v) is 16.9. The molecule has 0 fully saturated rings. The zero-order chi connectivity index (χ0) is 32.3. The van der Waals surface area contributed by atoms with Crippen molar-refractivity contribution in [3.05, 3.63) is 188 Å². The van der Waals surface area contributed by atoms with Gasteiger partial charge in [-0.25, -0.2) is 0 Å². The van der Waals surface area contributed by atoms with Gasteiger partial charge in [-0.05, 0) is 95.3 Å². The minimum absolute atomic E-state index is 1.12. The summed E-state index contributed by atoms with van der Waals surface area (Å²) in [5.41, 5.74) is 5.84. The van der Waals surface area contributed by atoms with Gasteiger partial charge in [-0.2, -0.15) is 0 Å². The van der Waals surface area contributed by atoms with Crippen LogP contribution in [0.2, 0.25) is 0 Å². The van der Waals surface area contributed by atoms with E-state index in [1.807, 2.05) is 0 Å². The van der Waals surface area contributed by atoms with E-state index in [1.165, 1.54) is 75.8 Å². The van der Waals surface area contributed by atoms with Crippen molar-refractivity contribution in [2.45, 2.75) is 0 Å². The summed E-state index contributed by atoms with van der Waals surface area (Å²) in [6.07, 6.45) is 0. The van der Waals surface area contributed by atoms with Crippen LogP contribution in [0.25, 0.3) is 75.8 Å². The zero-order valence-electron chi connectivity index (χ0n) is 26.8. The molecule has 0 aromatic heterocycles. The lowest BCUT2D eigenvalue weighted by atomic mass is 9.92. The van der Waals surface area contributed by atoms with E-state index >= 15 is 0 Å². The standard InChI is InChI=1S/C48H31N/c1-2-13-37-30-39(27-22-32(37)10-1)38-15-7-16-40(31-38)49(45-20-8-14-33-11-3-5-17-41(33)45)46-21-9-19-44-43(46)29-28-36-26-25-35-24-23-34-12-4-6-18-42(34)47(35)48(36)44/h1-31H. The molecular weight excluding hydrogens is 591 g/mol. The van der Waals surface area contributed by atoms with Crippen molar-refractivity contribution < 1.29 is 0 Å². The molecule has 0 saturated heterocycles. The molecule has 0 bridgehead atoms. The van der Waals surface area contributed by atoms with Crippen LogP contribution in [0.3, 0.4) is 0 Å². The molecule has 0 radical (unpaired) electrons. The van der Waals surface area contributed by atoms with Crippen LogP contribution in [0, 0.1) is 0 Å². The monoisotopic (exact) mass is 621 g/mol. The molecule has 10 aromatic carbocycles. The maximum Gasteiger partial charge on any atom is 0.0540 e. The summed E-state index contributed by atoms with van der Waals surface area (Å²) in [7, 11) is 0. The summed E-state index contributed by atoms with van der Waals surface area (Å²) < 4.78 is 0. The van der Waals surface area contributed by atoms with Crippen LogP contribution in [0.15, 0.2) is 188 Å². The largest absolute Gasteiger partial charge is 0.309 e. The average Bonchev–Trinajstić information content (AvgIpc) is 3.17. The molecule has 0 N–H and O–H groups in total. The number of benzene rings is 10.